The van der Waals surface area contributed by atoms with Gasteiger partial charge < -0.3 is 20.3 Å². The molecular weight excluding hydrogens is 324 g/mol. The number of rotatable bonds is 4. The highest BCUT2D eigenvalue weighted by Crippen LogP contribution is 2.32. The number of carbonyl (C=O) groups excluding carboxylic acids is 1. The number of hydrogen-bond donors (Lipinski definition) is 1. The number of nitro benzene ring substituents is 1. The molecule has 0 bridgehead atoms. The van der Waals surface area contributed by atoms with Gasteiger partial charge in [0.25, 0.3) is 5.69 Å². The van der Waals surface area contributed by atoms with Crippen LogP contribution < -0.4 is 10.6 Å². The number of nitrogens with zero attached hydrogens (tertiary/aromatic N) is 3. The first-order valence-corrected chi connectivity index (χ1v) is 8.62. The summed E-state index contributed by atoms with van der Waals surface area (Å²) in [6.45, 7) is 4.02. The van der Waals surface area contributed by atoms with Gasteiger partial charge in [-0.2, -0.15) is 0 Å². The molecule has 0 aromatic heterocycles. The van der Waals surface area contributed by atoms with Crippen molar-refractivity contribution in [1.82, 2.24) is 4.90 Å². The maximum Gasteiger partial charge on any atom is 0.271 e. The van der Waals surface area contributed by atoms with Gasteiger partial charge in [0, 0.05) is 63.8 Å². The maximum atomic E-state index is 13.0. The minimum absolute atomic E-state index is 0.0836. The minimum Gasteiger partial charge on any atom is -0.381 e. The van der Waals surface area contributed by atoms with Gasteiger partial charge in [-0.3, -0.25) is 14.9 Å². The molecule has 1 amide bonds. The third-order valence-corrected chi connectivity index (χ3v) is 5.27. The number of ether oxygens (including phenoxy) is 1. The smallest absolute Gasteiger partial charge is 0.271 e. The number of benzene rings is 1. The van der Waals surface area contributed by atoms with Crippen molar-refractivity contribution in [3.63, 3.8) is 0 Å². The lowest BCUT2D eigenvalue weighted by atomic mass is 9.78. The molecule has 2 aliphatic heterocycles. The molecular formula is C17H24N4O4. The standard InChI is InChI=1S/C17H24N4O4/c18-13-17(4-10-25-11-5-17)16(22)20-8-6-19(7-9-20)14-2-1-3-15(12-14)21(23)24/h1-3,12H,4-11,13,18H2. The molecule has 0 atom stereocenters. The summed E-state index contributed by atoms with van der Waals surface area (Å²) in [6.07, 6.45) is 1.35. The maximum absolute atomic E-state index is 13.0. The predicted octanol–water partition coefficient (Wildman–Crippen LogP) is 0.999. The Morgan fingerprint density at radius 1 is 1.24 bits per heavy atom. The largest absolute Gasteiger partial charge is 0.381 e. The SMILES string of the molecule is NCC1(C(=O)N2CCN(c3cccc([N+](=O)[O-])c3)CC2)CCOCC1. The van der Waals surface area contributed by atoms with E-state index < -0.39 is 5.41 Å². The average molecular weight is 348 g/mol. The van der Waals surface area contributed by atoms with Gasteiger partial charge in [-0.1, -0.05) is 6.07 Å². The van der Waals surface area contributed by atoms with E-state index in [4.69, 9.17) is 10.5 Å². The van der Waals surface area contributed by atoms with Crippen LogP contribution in [0.15, 0.2) is 24.3 Å². The number of piperazine rings is 1. The minimum atomic E-state index is -0.494. The zero-order chi connectivity index (χ0) is 17.9. The Kier molecular flexibility index (Phi) is 5.19. The number of nitrogens with two attached hydrogens (primary N) is 1. The molecule has 2 heterocycles. The zero-order valence-electron chi connectivity index (χ0n) is 14.2. The van der Waals surface area contributed by atoms with E-state index in [1.165, 1.54) is 6.07 Å². The highest BCUT2D eigenvalue weighted by atomic mass is 16.6. The van der Waals surface area contributed by atoms with E-state index in [0.29, 0.717) is 58.8 Å². The molecule has 2 fully saturated rings. The second-order valence-electron chi connectivity index (χ2n) is 6.65. The molecule has 0 unspecified atom stereocenters. The lowest BCUT2D eigenvalue weighted by Gasteiger charge is -2.42. The summed E-state index contributed by atoms with van der Waals surface area (Å²) < 4.78 is 5.38. The Balaban J connectivity index is 1.64. The van der Waals surface area contributed by atoms with Crippen molar-refractivity contribution in [1.29, 1.82) is 0 Å². The summed E-state index contributed by atoms with van der Waals surface area (Å²) in [7, 11) is 0. The zero-order valence-corrected chi connectivity index (χ0v) is 14.2. The van der Waals surface area contributed by atoms with Crippen molar-refractivity contribution in [2.45, 2.75) is 12.8 Å². The Hall–Kier alpha value is -2.19. The summed E-state index contributed by atoms with van der Waals surface area (Å²) in [4.78, 5) is 27.5. The molecule has 8 nitrogen and oxygen atoms in total. The Labute approximate surface area is 146 Å². The fourth-order valence-electron chi connectivity index (χ4n) is 3.57. The van der Waals surface area contributed by atoms with Gasteiger partial charge in [-0.05, 0) is 18.9 Å². The van der Waals surface area contributed by atoms with E-state index in [9.17, 15) is 14.9 Å². The number of non-ortho nitro benzene ring substituents is 1. The quantitative estimate of drug-likeness (QED) is 0.643. The van der Waals surface area contributed by atoms with Crippen molar-refractivity contribution in [2.75, 3.05) is 50.8 Å². The van der Waals surface area contributed by atoms with Gasteiger partial charge in [0.2, 0.25) is 5.91 Å². The third kappa shape index (κ3) is 3.59. The van der Waals surface area contributed by atoms with Crippen molar-refractivity contribution in [3.8, 4) is 0 Å². The molecule has 1 aromatic rings. The molecule has 3 rings (SSSR count). The molecule has 8 heteroatoms. The van der Waals surface area contributed by atoms with Gasteiger partial charge in [0.05, 0.1) is 10.3 Å². The fourth-order valence-corrected chi connectivity index (χ4v) is 3.57. The van der Waals surface area contributed by atoms with Crippen LogP contribution in [0.1, 0.15) is 12.8 Å². The number of anilines is 1. The van der Waals surface area contributed by atoms with E-state index >= 15 is 0 Å². The summed E-state index contributed by atoms with van der Waals surface area (Å²) >= 11 is 0. The molecule has 136 valence electrons. The lowest BCUT2D eigenvalue weighted by molar-refractivity contribution is -0.384. The highest BCUT2D eigenvalue weighted by Gasteiger charge is 2.42. The van der Waals surface area contributed by atoms with Crippen molar-refractivity contribution in [3.05, 3.63) is 34.4 Å². The van der Waals surface area contributed by atoms with Crippen LogP contribution in [0.3, 0.4) is 0 Å². The molecule has 1 aromatic carbocycles. The first kappa shape index (κ1) is 17.6. The number of amides is 1. The van der Waals surface area contributed by atoms with Crippen LogP contribution >= 0.6 is 0 Å². The third-order valence-electron chi connectivity index (χ3n) is 5.27. The van der Waals surface area contributed by atoms with Crippen molar-refractivity contribution < 1.29 is 14.5 Å². The van der Waals surface area contributed by atoms with Crippen molar-refractivity contribution >= 4 is 17.3 Å². The van der Waals surface area contributed by atoms with E-state index in [0.717, 1.165) is 5.69 Å². The predicted molar refractivity (Wildman–Crippen MR) is 93.4 cm³/mol. The first-order valence-electron chi connectivity index (χ1n) is 8.62. The second-order valence-corrected chi connectivity index (χ2v) is 6.65. The van der Waals surface area contributed by atoms with Crippen LogP contribution in [-0.2, 0) is 9.53 Å². The van der Waals surface area contributed by atoms with Crippen LogP contribution in [0.25, 0.3) is 0 Å². The normalized spacial score (nSPS) is 20.4. The molecule has 0 spiro atoms. The lowest BCUT2D eigenvalue weighted by Crippen LogP contribution is -2.56. The van der Waals surface area contributed by atoms with E-state index in [2.05, 4.69) is 4.90 Å². The topological polar surface area (TPSA) is 102 Å². The van der Waals surface area contributed by atoms with E-state index in [1.54, 1.807) is 12.1 Å². The van der Waals surface area contributed by atoms with Gasteiger partial charge in [-0.15, -0.1) is 0 Å². The van der Waals surface area contributed by atoms with Crippen molar-refractivity contribution in [2.24, 2.45) is 11.1 Å². The van der Waals surface area contributed by atoms with Crippen LogP contribution in [0.5, 0.6) is 0 Å². The van der Waals surface area contributed by atoms with Gasteiger partial charge in [-0.25, -0.2) is 0 Å². The molecule has 0 aliphatic carbocycles. The molecule has 0 radical (unpaired) electrons. The molecule has 2 aliphatic rings. The number of carbonyl (C=O) groups is 1. The van der Waals surface area contributed by atoms with Gasteiger partial charge in [0.15, 0.2) is 0 Å². The molecule has 25 heavy (non-hydrogen) atoms. The van der Waals surface area contributed by atoms with E-state index in [1.807, 2.05) is 11.0 Å². The van der Waals surface area contributed by atoms with Crippen LogP contribution in [0.2, 0.25) is 0 Å². The Bertz CT molecular complexity index is 637. The van der Waals surface area contributed by atoms with E-state index in [-0.39, 0.29) is 16.5 Å². The summed E-state index contributed by atoms with van der Waals surface area (Å²) in [5.41, 5.74) is 6.34. The fraction of sp³-hybridized carbons (Fsp3) is 0.588. The second kappa shape index (κ2) is 7.37. The van der Waals surface area contributed by atoms with Crippen LogP contribution in [0.4, 0.5) is 11.4 Å². The van der Waals surface area contributed by atoms with Gasteiger partial charge in [0.1, 0.15) is 0 Å². The Morgan fingerprint density at radius 3 is 2.52 bits per heavy atom. The summed E-state index contributed by atoms with van der Waals surface area (Å²) in [5.74, 6) is 0.122. The average Bonchev–Trinajstić information content (AvgIpc) is 2.68. The monoisotopic (exact) mass is 348 g/mol. The molecule has 0 saturated carbocycles. The number of hydrogen-bond acceptors (Lipinski definition) is 6. The summed E-state index contributed by atoms with van der Waals surface area (Å²) in [5, 5.41) is 10.9. The number of nitro groups is 1. The first-order chi connectivity index (χ1) is 12.1. The molecule has 2 saturated heterocycles. The summed E-state index contributed by atoms with van der Waals surface area (Å²) in [6, 6.07) is 6.62. The Morgan fingerprint density at radius 2 is 1.92 bits per heavy atom. The van der Waals surface area contributed by atoms with Gasteiger partial charge >= 0.3 is 0 Å². The molecule has 2 N–H and O–H groups in total. The van der Waals surface area contributed by atoms with Crippen LogP contribution in [0, 0.1) is 15.5 Å². The van der Waals surface area contributed by atoms with Crippen LogP contribution in [-0.4, -0.2) is 61.7 Å². The highest BCUT2D eigenvalue weighted by molar-refractivity contribution is 5.83.